The molecule has 0 spiro atoms. The van der Waals surface area contributed by atoms with E-state index in [1.807, 2.05) is 0 Å². The van der Waals surface area contributed by atoms with Crippen molar-refractivity contribution in [3.05, 3.63) is 28.6 Å². The van der Waals surface area contributed by atoms with Crippen LogP contribution in [0.4, 0.5) is 20.2 Å². The van der Waals surface area contributed by atoms with E-state index in [4.69, 9.17) is 0 Å². The predicted octanol–water partition coefficient (Wildman–Crippen LogP) is 0.903. The van der Waals surface area contributed by atoms with Gasteiger partial charge in [0, 0.05) is 32.4 Å². The largest absolute Gasteiger partial charge is 0.362 e. The highest BCUT2D eigenvalue weighted by atomic mass is 19.3. The molecule has 2 rings (SSSR count). The summed E-state index contributed by atoms with van der Waals surface area (Å²) in [6.07, 6.45) is -0.442. The van der Waals surface area contributed by atoms with Gasteiger partial charge in [0.2, 0.25) is 0 Å². The number of hydrogen-bond donors (Lipinski definition) is 0. The van der Waals surface area contributed by atoms with Crippen LogP contribution >= 0.6 is 0 Å². The Balaban J connectivity index is 2.08. The van der Waals surface area contributed by atoms with Crippen LogP contribution in [0.25, 0.3) is 0 Å². The van der Waals surface area contributed by atoms with Crippen LogP contribution in [0.2, 0.25) is 0 Å². The van der Waals surface area contributed by atoms with E-state index >= 15 is 0 Å². The number of carbonyl (C=O) groups excluding carboxylic acids is 1. The van der Waals surface area contributed by atoms with Crippen molar-refractivity contribution in [3.63, 3.8) is 0 Å². The fourth-order valence-corrected chi connectivity index (χ4v) is 2.09. The van der Waals surface area contributed by atoms with E-state index in [0.717, 1.165) is 11.1 Å². The monoisotopic (exact) mass is 286 g/mol. The maximum absolute atomic E-state index is 12.3. The quantitative estimate of drug-likeness (QED) is 0.609. The molecule has 1 aromatic heterocycles. The van der Waals surface area contributed by atoms with E-state index in [2.05, 4.69) is 4.98 Å². The summed E-state index contributed by atoms with van der Waals surface area (Å²) < 4.78 is 24.6. The standard InChI is InChI=1S/C11H12F2N4O3/c12-10(13)11(18)16-5-3-15(4-6-16)8-1-2-14-7-9(8)17(19)20/h1-2,7,10H,3-6H2. The first kappa shape index (κ1) is 14.1. The molecule has 0 radical (unpaired) electrons. The number of anilines is 1. The maximum atomic E-state index is 12.3. The smallest absolute Gasteiger partial charge is 0.315 e. The molecule has 2 heterocycles. The fraction of sp³-hybridized carbons (Fsp3) is 0.455. The zero-order valence-electron chi connectivity index (χ0n) is 10.4. The molecule has 1 aromatic rings. The van der Waals surface area contributed by atoms with Crippen LogP contribution in [0.5, 0.6) is 0 Å². The van der Waals surface area contributed by atoms with Gasteiger partial charge < -0.3 is 9.80 Å². The van der Waals surface area contributed by atoms with Crippen molar-refractivity contribution in [2.75, 3.05) is 31.1 Å². The van der Waals surface area contributed by atoms with Crippen molar-refractivity contribution in [1.29, 1.82) is 0 Å². The second-order valence-electron chi connectivity index (χ2n) is 4.23. The third-order valence-electron chi connectivity index (χ3n) is 3.09. The molecule has 1 aliphatic heterocycles. The van der Waals surface area contributed by atoms with E-state index in [-0.39, 0.29) is 31.9 Å². The molecule has 0 N–H and O–H groups in total. The van der Waals surface area contributed by atoms with E-state index in [1.54, 1.807) is 4.90 Å². The number of amides is 1. The van der Waals surface area contributed by atoms with Gasteiger partial charge in [-0.3, -0.25) is 19.9 Å². The summed E-state index contributed by atoms with van der Waals surface area (Å²) in [6, 6.07) is 1.50. The molecular formula is C11H12F2N4O3. The first-order valence-electron chi connectivity index (χ1n) is 5.91. The Morgan fingerprint density at radius 2 is 2.00 bits per heavy atom. The third-order valence-corrected chi connectivity index (χ3v) is 3.09. The van der Waals surface area contributed by atoms with E-state index in [9.17, 15) is 23.7 Å². The molecular weight excluding hydrogens is 274 g/mol. The molecule has 0 aromatic carbocycles. The summed E-state index contributed by atoms with van der Waals surface area (Å²) in [6.45, 7) is 0.762. The lowest BCUT2D eigenvalue weighted by Gasteiger charge is -2.35. The van der Waals surface area contributed by atoms with Gasteiger partial charge in [-0.2, -0.15) is 8.78 Å². The van der Waals surface area contributed by atoms with Crippen LogP contribution in [-0.4, -0.2) is 53.3 Å². The van der Waals surface area contributed by atoms with Gasteiger partial charge in [-0.1, -0.05) is 0 Å². The Labute approximate surface area is 113 Å². The zero-order valence-corrected chi connectivity index (χ0v) is 10.4. The lowest BCUT2D eigenvalue weighted by molar-refractivity contribution is -0.384. The highest BCUT2D eigenvalue weighted by molar-refractivity contribution is 5.79. The van der Waals surface area contributed by atoms with Gasteiger partial charge >= 0.3 is 12.1 Å². The molecule has 0 bridgehead atoms. The van der Waals surface area contributed by atoms with E-state index in [0.29, 0.717) is 5.69 Å². The number of aromatic nitrogens is 1. The number of nitro groups is 1. The van der Waals surface area contributed by atoms with Crippen LogP contribution in [-0.2, 0) is 4.79 Å². The summed E-state index contributed by atoms with van der Waals surface area (Å²) >= 11 is 0. The van der Waals surface area contributed by atoms with E-state index < -0.39 is 17.3 Å². The molecule has 0 aliphatic carbocycles. The minimum Gasteiger partial charge on any atom is -0.362 e. The van der Waals surface area contributed by atoms with Gasteiger partial charge in [0.1, 0.15) is 11.9 Å². The average Bonchev–Trinajstić information content (AvgIpc) is 2.46. The number of pyridine rings is 1. The topological polar surface area (TPSA) is 79.6 Å². The Kier molecular flexibility index (Phi) is 4.06. The van der Waals surface area contributed by atoms with Crippen LogP contribution < -0.4 is 4.90 Å². The van der Waals surface area contributed by atoms with Gasteiger partial charge in [0.15, 0.2) is 0 Å². The van der Waals surface area contributed by atoms with Gasteiger partial charge in [0.25, 0.3) is 5.91 Å². The SMILES string of the molecule is O=C(C(F)F)N1CCN(c2ccncc2[N+](=O)[O-])CC1. The van der Waals surface area contributed by atoms with Gasteiger partial charge in [-0.05, 0) is 6.07 Å². The molecule has 9 heteroatoms. The lowest BCUT2D eigenvalue weighted by atomic mass is 10.2. The summed E-state index contributed by atoms with van der Waals surface area (Å²) in [7, 11) is 0. The molecule has 108 valence electrons. The van der Waals surface area contributed by atoms with Crippen LogP contribution in [0.15, 0.2) is 18.5 Å². The van der Waals surface area contributed by atoms with Crippen molar-refractivity contribution >= 4 is 17.3 Å². The van der Waals surface area contributed by atoms with Gasteiger partial charge in [0.05, 0.1) is 4.92 Å². The first-order chi connectivity index (χ1) is 9.50. The molecule has 7 nitrogen and oxygen atoms in total. The maximum Gasteiger partial charge on any atom is 0.315 e. The Hall–Kier alpha value is -2.32. The summed E-state index contributed by atoms with van der Waals surface area (Å²) in [5, 5.41) is 10.9. The third kappa shape index (κ3) is 2.81. The van der Waals surface area contributed by atoms with Crippen molar-refractivity contribution in [2.45, 2.75) is 6.43 Å². The number of rotatable bonds is 3. The lowest BCUT2D eigenvalue weighted by Crippen LogP contribution is -2.50. The molecule has 0 saturated carbocycles. The number of piperazine rings is 1. The number of carbonyl (C=O) groups is 1. The van der Waals surface area contributed by atoms with E-state index in [1.165, 1.54) is 12.3 Å². The molecule has 20 heavy (non-hydrogen) atoms. The minimum atomic E-state index is -3.02. The fourth-order valence-electron chi connectivity index (χ4n) is 2.09. The van der Waals surface area contributed by atoms with Gasteiger partial charge in [-0.25, -0.2) is 0 Å². The predicted molar refractivity (Wildman–Crippen MR) is 65.7 cm³/mol. The van der Waals surface area contributed by atoms with Crippen molar-refractivity contribution in [3.8, 4) is 0 Å². The minimum absolute atomic E-state index is 0.114. The van der Waals surface area contributed by atoms with Gasteiger partial charge in [-0.15, -0.1) is 0 Å². The molecule has 1 aliphatic rings. The normalized spacial score (nSPS) is 15.6. The highest BCUT2D eigenvalue weighted by Crippen LogP contribution is 2.27. The summed E-state index contributed by atoms with van der Waals surface area (Å²) in [4.78, 5) is 28.0. The molecule has 1 saturated heterocycles. The molecule has 1 fully saturated rings. The zero-order chi connectivity index (χ0) is 14.7. The number of nitrogens with zero attached hydrogens (tertiary/aromatic N) is 4. The van der Waals surface area contributed by atoms with Crippen molar-refractivity contribution in [1.82, 2.24) is 9.88 Å². The number of halogens is 2. The Bertz CT molecular complexity index is 518. The summed E-state index contributed by atoms with van der Waals surface area (Å²) in [5.74, 6) is -1.20. The molecule has 1 amide bonds. The molecule has 0 atom stereocenters. The van der Waals surface area contributed by atoms with Crippen LogP contribution in [0.3, 0.4) is 0 Å². The average molecular weight is 286 g/mol. The second kappa shape index (κ2) is 5.76. The summed E-state index contributed by atoms with van der Waals surface area (Å²) in [5.41, 5.74) is 0.246. The van der Waals surface area contributed by atoms with Crippen LogP contribution in [0.1, 0.15) is 0 Å². The first-order valence-corrected chi connectivity index (χ1v) is 5.91. The number of alkyl halides is 2. The van der Waals surface area contributed by atoms with Crippen molar-refractivity contribution in [2.24, 2.45) is 0 Å². The van der Waals surface area contributed by atoms with Crippen LogP contribution in [0, 0.1) is 10.1 Å². The Morgan fingerprint density at radius 3 is 2.55 bits per heavy atom. The second-order valence-corrected chi connectivity index (χ2v) is 4.23. The van der Waals surface area contributed by atoms with Crippen molar-refractivity contribution < 1.29 is 18.5 Å². The molecule has 0 unspecified atom stereocenters. The Morgan fingerprint density at radius 1 is 1.35 bits per heavy atom. The highest BCUT2D eigenvalue weighted by Gasteiger charge is 2.29. The number of hydrogen-bond acceptors (Lipinski definition) is 5.